The van der Waals surface area contributed by atoms with E-state index in [9.17, 15) is 13.6 Å². The first-order chi connectivity index (χ1) is 9.47. The maximum absolute atomic E-state index is 13.6. The molecule has 20 heavy (non-hydrogen) atoms. The normalized spacial score (nSPS) is 10.4. The van der Waals surface area contributed by atoms with Crippen LogP contribution < -0.4 is 4.74 Å². The fourth-order valence-corrected chi connectivity index (χ4v) is 2.12. The van der Waals surface area contributed by atoms with Crippen LogP contribution in [0.4, 0.5) is 8.78 Å². The van der Waals surface area contributed by atoms with E-state index in [2.05, 4.69) is 15.9 Å². The van der Waals surface area contributed by atoms with Crippen molar-refractivity contribution in [3.05, 3.63) is 63.6 Å². The predicted molar refractivity (Wildman–Crippen MR) is 74.8 cm³/mol. The summed E-state index contributed by atoms with van der Waals surface area (Å²) in [7, 11) is 0. The molecule has 104 valence electrons. The van der Waals surface area contributed by atoms with Crippen LogP contribution >= 0.6 is 15.9 Å². The summed E-state index contributed by atoms with van der Waals surface area (Å²) in [5.41, 5.74) is 0.583. The lowest BCUT2D eigenvalue weighted by Gasteiger charge is -2.11. The predicted octanol–water partition coefficient (Wildman–Crippen LogP) is 4.51. The van der Waals surface area contributed by atoms with Gasteiger partial charge in [-0.3, -0.25) is 4.79 Å². The molecule has 2 rings (SSSR count). The minimum atomic E-state index is -0.514. The smallest absolute Gasteiger partial charge is 0.163 e. The van der Waals surface area contributed by atoms with Crippen LogP contribution in [0.15, 0.2) is 40.9 Å². The van der Waals surface area contributed by atoms with Crippen LogP contribution in [-0.4, -0.2) is 5.78 Å². The van der Waals surface area contributed by atoms with Gasteiger partial charge in [0.25, 0.3) is 0 Å². The van der Waals surface area contributed by atoms with Crippen molar-refractivity contribution in [2.45, 2.75) is 13.5 Å². The summed E-state index contributed by atoms with van der Waals surface area (Å²) >= 11 is 3.24. The van der Waals surface area contributed by atoms with Crippen LogP contribution in [0.1, 0.15) is 22.8 Å². The summed E-state index contributed by atoms with van der Waals surface area (Å²) in [5, 5.41) is 0. The quantitative estimate of drug-likeness (QED) is 0.765. The molecule has 0 N–H and O–H groups in total. The molecule has 2 aromatic carbocycles. The lowest BCUT2D eigenvalue weighted by molar-refractivity contribution is 0.101. The van der Waals surface area contributed by atoms with E-state index in [4.69, 9.17) is 4.74 Å². The van der Waals surface area contributed by atoms with Gasteiger partial charge in [0.1, 0.15) is 24.0 Å². The average Bonchev–Trinajstić information content (AvgIpc) is 2.39. The Labute approximate surface area is 123 Å². The van der Waals surface area contributed by atoms with Gasteiger partial charge >= 0.3 is 0 Å². The summed E-state index contributed by atoms with van der Waals surface area (Å²) in [6.45, 7) is 1.27. The topological polar surface area (TPSA) is 26.3 Å². The fourth-order valence-electron chi connectivity index (χ4n) is 1.72. The molecule has 0 bridgehead atoms. The summed E-state index contributed by atoms with van der Waals surface area (Å²) in [4.78, 5) is 11.4. The summed E-state index contributed by atoms with van der Waals surface area (Å²) in [6, 6.07) is 8.10. The monoisotopic (exact) mass is 340 g/mol. The molecule has 2 nitrogen and oxygen atoms in total. The van der Waals surface area contributed by atoms with Gasteiger partial charge in [-0.25, -0.2) is 8.78 Å². The standard InChI is InChI=1S/C15H11BrF2O2/c1-9(19)13-4-3-12(17)7-15(13)20-8-10-6-11(16)2-5-14(10)18/h2-7H,8H2,1H3. The highest BCUT2D eigenvalue weighted by Gasteiger charge is 2.11. The van der Waals surface area contributed by atoms with E-state index in [0.29, 0.717) is 10.0 Å². The van der Waals surface area contributed by atoms with Gasteiger partial charge in [0.2, 0.25) is 0 Å². The Bertz CT molecular complexity index is 656. The highest BCUT2D eigenvalue weighted by molar-refractivity contribution is 9.10. The molecule has 2 aromatic rings. The Morgan fingerprint density at radius 3 is 2.65 bits per heavy atom. The number of halogens is 3. The molecule has 0 saturated heterocycles. The molecule has 0 aliphatic rings. The number of ketones is 1. The van der Waals surface area contributed by atoms with E-state index in [1.165, 1.54) is 25.1 Å². The van der Waals surface area contributed by atoms with Gasteiger partial charge in [0, 0.05) is 16.1 Å². The zero-order chi connectivity index (χ0) is 14.7. The summed E-state index contributed by atoms with van der Waals surface area (Å²) in [5.74, 6) is -1.07. The van der Waals surface area contributed by atoms with Crippen LogP contribution in [0.5, 0.6) is 5.75 Å². The third-order valence-electron chi connectivity index (χ3n) is 2.71. The summed E-state index contributed by atoms with van der Waals surface area (Å²) < 4.78 is 32.9. The first kappa shape index (κ1) is 14.7. The molecule has 0 aromatic heterocycles. The van der Waals surface area contributed by atoms with Gasteiger partial charge < -0.3 is 4.74 Å². The van der Waals surface area contributed by atoms with Crippen LogP contribution in [0.25, 0.3) is 0 Å². The molecule has 0 aliphatic carbocycles. The highest BCUT2D eigenvalue weighted by atomic mass is 79.9. The fraction of sp³-hybridized carbons (Fsp3) is 0.133. The molecule has 5 heteroatoms. The Balaban J connectivity index is 2.24. The van der Waals surface area contributed by atoms with E-state index in [1.807, 2.05) is 0 Å². The SMILES string of the molecule is CC(=O)c1ccc(F)cc1OCc1cc(Br)ccc1F. The molecule has 0 heterocycles. The van der Waals surface area contributed by atoms with E-state index in [0.717, 1.165) is 6.07 Å². The van der Waals surface area contributed by atoms with Gasteiger partial charge in [0.15, 0.2) is 5.78 Å². The molecule has 0 saturated carbocycles. The molecule has 0 spiro atoms. The number of benzene rings is 2. The van der Waals surface area contributed by atoms with Crippen molar-refractivity contribution < 1.29 is 18.3 Å². The minimum absolute atomic E-state index is 0.0883. The lowest BCUT2D eigenvalue weighted by atomic mass is 10.1. The van der Waals surface area contributed by atoms with Crippen molar-refractivity contribution in [3.8, 4) is 5.75 Å². The first-order valence-electron chi connectivity index (χ1n) is 5.84. The molecule has 0 unspecified atom stereocenters. The second-order valence-electron chi connectivity index (χ2n) is 4.22. The van der Waals surface area contributed by atoms with Crippen molar-refractivity contribution >= 4 is 21.7 Å². The number of carbonyl (C=O) groups excluding carboxylic acids is 1. The number of carbonyl (C=O) groups is 1. The number of ether oxygens (including phenoxy) is 1. The van der Waals surface area contributed by atoms with E-state index in [-0.39, 0.29) is 23.7 Å². The van der Waals surface area contributed by atoms with Crippen molar-refractivity contribution in [2.75, 3.05) is 0 Å². The highest BCUT2D eigenvalue weighted by Crippen LogP contribution is 2.23. The minimum Gasteiger partial charge on any atom is -0.488 e. The van der Waals surface area contributed by atoms with Crippen LogP contribution in [-0.2, 0) is 6.61 Å². The Morgan fingerprint density at radius 2 is 1.95 bits per heavy atom. The number of hydrogen-bond donors (Lipinski definition) is 0. The maximum atomic E-state index is 13.6. The van der Waals surface area contributed by atoms with Crippen LogP contribution in [0.3, 0.4) is 0 Å². The average molecular weight is 341 g/mol. The Hall–Kier alpha value is -1.75. The Kier molecular flexibility index (Phi) is 4.49. The van der Waals surface area contributed by atoms with Gasteiger partial charge in [-0.2, -0.15) is 0 Å². The molecule has 0 atom stereocenters. The number of hydrogen-bond acceptors (Lipinski definition) is 2. The third kappa shape index (κ3) is 3.42. The van der Waals surface area contributed by atoms with Gasteiger partial charge in [-0.15, -0.1) is 0 Å². The van der Waals surface area contributed by atoms with Gasteiger partial charge in [0.05, 0.1) is 5.56 Å². The zero-order valence-corrected chi connectivity index (χ0v) is 12.2. The van der Waals surface area contributed by atoms with Gasteiger partial charge in [-0.1, -0.05) is 15.9 Å². The van der Waals surface area contributed by atoms with Crippen molar-refractivity contribution in [2.24, 2.45) is 0 Å². The van der Waals surface area contributed by atoms with E-state index in [1.54, 1.807) is 12.1 Å². The number of Topliss-reactive ketones (excluding diaryl/α,β-unsaturated/α-hetero) is 1. The lowest BCUT2D eigenvalue weighted by Crippen LogP contribution is -2.03. The molecule has 0 fully saturated rings. The molecular formula is C15H11BrF2O2. The molecule has 0 aliphatic heterocycles. The largest absolute Gasteiger partial charge is 0.488 e. The third-order valence-corrected chi connectivity index (χ3v) is 3.21. The first-order valence-corrected chi connectivity index (χ1v) is 6.64. The molecule has 0 radical (unpaired) electrons. The Morgan fingerprint density at radius 1 is 1.20 bits per heavy atom. The zero-order valence-electron chi connectivity index (χ0n) is 10.6. The van der Waals surface area contributed by atoms with Crippen molar-refractivity contribution in [3.63, 3.8) is 0 Å². The number of rotatable bonds is 4. The van der Waals surface area contributed by atoms with Crippen LogP contribution in [0.2, 0.25) is 0 Å². The van der Waals surface area contributed by atoms with Crippen LogP contribution in [0, 0.1) is 11.6 Å². The second kappa shape index (κ2) is 6.13. The van der Waals surface area contributed by atoms with Gasteiger partial charge in [-0.05, 0) is 37.3 Å². The van der Waals surface area contributed by atoms with E-state index < -0.39 is 11.6 Å². The molecular weight excluding hydrogens is 330 g/mol. The maximum Gasteiger partial charge on any atom is 0.163 e. The van der Waals surface area contributed by atoms with E-state index >= 15 is 0 Å². The summed E-state index contributed by atoms with van der Waals surface area (Å²) in [6.07, 6.45) is 0. The van der Waals surface area contributed by atoms with Crippen molar-refractivity contribution in [1.82, 2.24) is 0 Å². The second-order valence-corrected chi connectivity index (χ2v) is 5.14. The van der Waals surface area contributed by atoms with Crippen molar-refractivity contribution in [1.29, 1.82) is 0 Å². The molecule has 0 amide bonds.